The van der Waals surface area contributed by atoms with Crippen molar-refractivity contribution in [2.75, 3.05) is 46.6 Å². The molecule has 21 heavy (non-hydrogen) atoms. The summed E-state index contributed by atoms with van der Waals surface area (Å²) in [5.41, 5.74) is 0.0332. The maximum Gasteiger partial charge on any atom is 0.0807 e. The van der Waals surface area contributed by atoms with E-state index < -0.39 is 0 Å². The molecular formula is C17H35NO3. The van der Waals surface area contributed by atoms with Gasteiger partial charge in [-0.25, -0.2) is 0 Å². The molecule has 1 saturated carbocycles. The molecule has 0 heterocycles. The zero-order valence-corrected chi connectivity index (χ0v) is 14.3. The fourth-order valence-corrected chi connectivity index (χ4v) is 3.04. The van der Waals surface area contributed by atoms with E-state index in [1.165, 1.54) is 38.5 Å². The minimum absolute atomic E-state index is 0.0332. The van der Waals surface area contributed by atoms with E-state index in [1.807, 2.05) is 0 Å². The molecule has 126 valence electrons. The van der Waals surface area contributed by atoms with Gasteiger partial charge in [-0.3, -0.25) is 0 Å². The van der Waals surface area contributed by atoms with Crippen molar-refractivity contribution < 1.29 is 14.2 Å². The van der Waals surface area contributed by atoms with Gasteiger partial charge in [-0.15, -0.1) is 0 Å². The average molecular weight is 301 g/mol. The lowest BCUT2D eigenvalue weighted by atomic mass is 9.77. The lowest BCUT2D eigenvalue weighted by Crippen LogP contribution is -2.46. The summed E-state index contributed by atoms with van der Waals surface area (Å²) in [6.45, 7) is 9.22. The number of methoxy groups -OCH3 is 1. The van der Waals surface area contributed by atoms with E-state index in [1.54, 1.807) is 7.11 Å². The van der Waals surface area contributed by atoms with Crippen LogP contribution in [0.2, 0.25) is 0 Å². The van der Waals surface area contributed by atoms with Gasteiger partial charge in [0.1, 0.15) is 0 Å². The Morgan fingerprint density at radius 3 is 2.38 bits per heavy atom. The Labute approximate surface area is 130 Å². The highest BCUT2D eigenvalue weighted by Gasteiger charge is 2.35. The van der Waals surface area contributed by atoms with Crippen molar-refractivity contribution in [3.63, 3.8) is 0 Å². The van der Waals surface area contributed by atoms with Crippen molar-refractivity contribution in [2.24, 2.45) is 5.92 Å². The fraction of sp³-hybridized carbons (Fsp3) is 1.00. The summed E-state index contributed by atoms with van der Waals surface area (Å²) in [7, 11) is 1.69. The van der Waals surface area contributed by atoms with Crippen LogP contribution >= 0.6 is 0 Å². The van der Waals surface area contributed by atoms with Gasteiger partial charge in [-0.05, 0) is 44.6 Å². The van der Waals surface area contributed by atoms with Crippen LogP contribution in [0.25, 0.3) is 0 Å². The number of nitrogens with one attached hydrogen (secondary N) is 1. The first kappa shape index (κ1) is 18.9. The smallest absolute Gasteiger partial charge is 0.0807 e. The molecule has 0 bridgehead atoms. The van der Waals surface area contributed by atoms with Crippen LogP contribution in [-0.4, -0.2) is 52.2 Å². The van der Waals surface area contributed by atoms with E-state index in [9.17, 15) is 0 Å². The normalized spacial score (nSPS) is 26.1. The molecule has 0 spiro atoms. The van der Waals surface area contributed by atoms with Crippen LogP contribution in [0.1, 0.15) is 52.4 Å². The SMILES string of the molecule is CCCNCC1(OCCOCCOC)CCC(CC)CC1. The van der Waals surface area contributed by atoms with Crippen molar-refractivity contribution in [3.05, 3.63) is 0 Å². The molecule has 0 aromatic carbocycles. The molecule has 1 aliphatic rings. The lowest BCUT2D eigenvalue weighted by molar-refractivity contribution is -0.0945. The number of hydrogen-bond donors (Lipinski definition) is 1. The van der Waals surface area contributed by atoms with Gasteiger partial charge < -0.3 is 19.5 Å². The predicted molar refractivity (Wildman–Crippen MR) is 86.8 cm³/mol. The third-order valence-electron chi connectivity index (χ3n) is 4.54. The Morgan fingerprint density at radius 1 is 1.05 bits per heavy atom. The largest absolute Gasteiger partial charge is 0.382 e. The summed E-state index contributed by atoms with van der Waals surface area (Å²) in [4.78, 5) is 0. The van der Waals surface area contributed by atoms with Gasteiger partial charge in [0.05, 0.1) is 32.0 Å². The van der Waals surface area contributed by atoms with Crippen molar-refractivity contribution >= 4 is 0 Å². The van der Waals surface area contributed by atoms with Crippen LogP contribution in [0.3, 0.4) is 0 Å². The Kier molecular flexibility index (Phi) is 10.3. The maximum absolute atomic E-state index is 6.26. The molecule has 0 aliphatic heterocycles. The van der Waals surface area contributed by atoms with E-state index in [4.69, 9.17) is 14.2 Å². The fourth-order valence-electron chi connectivity index (χ4n) is 3.04. The minimum Gasteiger partial charge on any atom is -0.382 e. The Hall–Kier alpha value is -0.160. The van der Waals surface area contributed by atoms with E-state index in [0.717, 1.165) is 19.0 Å². The molecule has 0 amide bonds. The van der Waals surface area contributed by atoms with E-state index in [-0.39, 0.29) is 5.60 Å². The molecule has 0 unspecified atom stereocenters. The second-order valence-electron chi connectivity index (χ2n) is 6.17. The molecule has 0 atom stereocenters. The van der Waals surface area contributed by atoms with Crippen LogP contribution in [0.15, 0.2) is 0 Å². The maximum atomic E-state index is 6.26. The molecule has 0 aromatic rings. The molecule has 0 aromatic heterocycles. The molecule has 0 saturated heterocycles. The first-order chi connectivity index (χ1) is 10.3. The summed E-state index contributed by atoms with van der Waals surface area (Å²) < 4.78 is 16.7. The van der Waals surface area contributed by atoms with Crippen LogP contribution in [0, 0.1) is 5.92 Å². The van der Waals surface area contributed by atoms with Gasteiger partial charge >= 0.3 is 0 Å². The van der Waals surface area contributed by atoms with Crippen LogP contribution < -0.4 is 5.32 Å². The van der Waals surface area contributed by atoms with Gasteiger partial charge in [-0.1, -0.05) is 20.3 Å². The van der Waals surface area contributed by atoms with Crippen molar-refractivity contribution in [1.29, 1.82) is 0 Å². The summed E-state index contributed by atoms with van der Waals surface area (Å²) >= 11 is 0. The van der Waals surface area contributed by atoms with Crippen molar-refractivity contribution in [1.82, 2.24) is 5.32 Å². The highest BCUT2D eigenvalue weighted by Crippen LogP contribution is 2.35. The third kappa shape index (κ3) is 7.59. The molecular weight excluding hydrogens is 266 g/mol. The van der Waals surface area contributed by atoms with Crippen LogP contribution in [0.4, 0.5) is 0 Å². The van der Waals surface area contributed by atoms with Crippen LogP contribution in [-0.2, 0) is 14.2 Å². The third-order valence-corrected chi connectivity index (χ3v) is 4.54. The molecule has 4 nitrogen and oxygen atoms in total. The zero-order valence-electron chi connectivity index (χ0n) is 14.3. The highest BCUT2D eigenvalue weighted by molar-refractivity contribution is 4.89. The Morgan fingerprint density at radius 2 is 1.76 bits per heavy atom. The topological polar surface area (TPSA) is 39.7 Å². The van der Waals surface area contributed by atoms with E-state index >= 15 is 0 Å². The summed E-state index contributed by atoms with van der Waals surface area (Å²) in [5, 5.41) is 3.55. The monoisotopic (exact) mass is 301 g/mol. The summed E-state index contributed by atoms with van der Waals surface area (Å²) in [6.07, 6.45) is 7.44. The summed E-state index contributed by atoms with van der Waals surface area (Å²) in [5.74, 6) is 0.894. The highest BCUT2D eigenvalue weighted by atomic mass is 16.5. The lowest BCUT2D eigenvalue weighted by Gasteiger charge is -2.40. The molecule has 1 aliphatic carbocycles. The standard InChI is InChI=1S/C17H35NO3/c1-4-10-18-15-17(8-6-16(5-2)7-9-17)21-14-13-20-12-11-19-3/h16,18H,4-15H2,1-3H3. The predicted octanol–water partition coefficient (Wildman–Crippen LogP) is 3.00. The van der Waals surface area contributed by atoms with Crippen LogP contribution in [0.5, 0.6) is 0 Å². The van der Waals surface area contributed by atoms with Gasteiger partial charge in [0.2, 0.25) is 0 Å². The number of ether oxygens (including phenoxy) is 3. The zero-order chi connectivity index (χ0) is 15.4. The molecule has 1 fully saturated rings. The summed E-state index contributed by atoms with van der Waals surface area (Å²) in [6, 6.07) is 0. The van der Waals surface area contributed by atoms with Crippen molar-refractivity contribution in [3.8, 4) is 0 Å². The van der Waals surface area contributed by atoms with E-state index in [2.05, 4.69) is 19.2 Å². The second-order valence-corrected chi connectivity index (χ2v) is 6.17. The van der Waals surface area contributed by atoms with Gasteiger partial charge in [-0.2, -0.15) is 0 Å². The Balaban J connectivity index is 2.30. The quantitative estimate of drug-likeness (QED) is 0.563. The first-order valence-electron chi connectivity index (χ1n) is 8.67. The molecule has 4 heteroatoms. The second kappa shape index (κ2) is 11.4. The van der Waals surface area contributed by atoms with Gasteiger partial charge in [0.15, 0.2) is 0 Å². The first-order valence-corrected chi connectivity index (χ1v) is 8.67. The molecule has 1 N–H and O–H groups in total. The number of hydrogen-bond acceptors (Lipinski definition) is 4. The molecule has 0 radical (unpaired) electrons. The van der Waals surface area contributed by atoms with Gasteiger partial charge in [0.25, 0.3) is 0 Å². The average Bonchev–Trinajstić information content (AvgIpc) is 2.52. The Bertz CT molecular complexity index is 235. The van der Waals surface area contributed by atoms with E-state index in [0.29, 0.717) is 26.4 Å². The minimum atomic E-state index is 0.0332. The van der Waals surface area contributed by atoms with Gasteiger partial charge in [0, 0.05) is 13.7 Å². The molecule has 1 rings (SSSR count). The number of rotatable bonds is 12. The van der Waals surface area contributed by atoms with Crippen molar-refractivity contribution in [2.45, 2.75) is 58.0 Å².